The second-order valence-electron chi connectivity index (χ2n) is 2.44. The molecule has 2 nitrogen and oxygen atoms in total. The highest BCUT2D eigenvalue weighted by atomic mass is 19.4. The van der Waals surface area contributed by atoms with Crippen LogP contribution in [0.1, 0.15) is 6.42 Å². The van der Waals surface area contributed by atoms with Crippen molar-refractivity contribution in [1.29, 1.82) is 0 Å². The molecule has 0 aromatic rings. The van der Waals surface area contributed by atoms with Gasteiger partial charge in [0.2, 0.25) is 5.78 Å². The SMILES string of the molecule is O=CCC(=O)C(F)(F)C(F)(F)C(F)(F)F. The van der Waals surface area contributed by atoms with Gasteiger partial charge in [0.25, 0.3) is 0 Å². The van der Waals surface area contributed by atoms with E-state index in [1.165, 1.54) is 0 Å². The first-order chi connectivity index (χ1) is 6.48. The van der Waals surface area contributed by atoms with E-state index in [4.69, 9.17) is 0 Å². The van der Waals surface area contributed by atoms with Crippen LogP contribution in [-0.2, 0) is 9.59 Å². The molecular formula is C6H3F7O2. The molecule has 0 N–H and O–H groups in total. The van der Waals surface area contributed by atoms with Crippen LogP contribution in [0.5, 0.6) is 0 Å². The summed E-state index contributed by atoms with van der Waals surface area (Å²) in [5, 5.41) is 0. The zero-order chi connectivity index (χ0) is 12.5. The predicted octanol–water partition coefficient (Wildman–Crippen LogP) is 1.98. The highest BCUT2D eigenvalue weighted by molar-refractivity contribution is 5.95. The van der Waals surface area contributed by atoms with Gasteiger partial charge < -0.3 is 4.79 Å². The number of carbonyl (C=O) groups is 2. The number of hydrogen-bond acceptors (Lipinski definition) is 2. The summed E-state index contributed by atoms with van der Waals surface area (Å²) < 4.78 is 83.1. The predicted molar refractivity (Wildman–Crippen MR) is 31.6 cm³/mol. The molecular weight excluding hydrogens is 237 g/mol. The Morgan fingerprint density at radius 1 is 1.00 bits per heavy atom. The van der Waals surface area contributed by atoms with Crippen LogP contribution in [-0.4, -0.2) is 30.1 Å². The van der Waals surface area contributed by atoms with Crippen molar-refractivity contribution in [3.8, 4) is 0 Å². The summed E-state index contributed by atoms with van der Waals surface area (Å²) >= 11 is 0. The quantitative estimate of drug-likeness (QED) is 0.427. The summed E-state index contributed by atoms with van der Waals surface area (Å²) in [6.07, 6.45) is -8.75. The molecule has 0 aliphatic rings. The van der Waals surface area contributed by atoms with Gasteiger partial charge in [-0.25, -0.2) is 0 Å². The van der Waals surface area contributed by atoms with Crippen LogP contribution in [0.3, 0.4) is 0 Å². The zero-order valence-corrected chi connectivity index (χ0v) is 6.75. The van der Waals surface area contributed by atoms with E-state index in [0.717, 1.165) is 0 Å². The Morgan fingerprint density at radius 2 is 1.40 bits per heavy atom. The van der Waals surface area contributed by atoms with E-state index in [-0.39, 0.29) is 0 Å². The Balaban J connectivity index is 5.18. The average molecular weight is 240 g/mol. The van der Waals surface area contributed by atoms with Crippen LogP contribution in [0.15, 0.2) is 0 Å². The number of halogens is 7. The molecule has 0 amide bonds. The molecule has 0 radical (unpaired) electrons. The minimum atomic E-state index is -6.56. The number of aldehydes is 1. The highest BCUT2D eigenvalue weighted by Gasteiger charge is 2.75. The van der Waals surface area contributed by atoms with E-state index < -0.39 is 36.5 Å². The van der Waals surface area contributed by atoms with Crippen LogP contribution >= 0.6 is 0 Å². The maximum atomic E-state index is 12.3. The minimum Gasteiger partial charge on any atom is -0.303 e. The summed E-state index contributed by atoms with van der Waals surface area (Å²) in [7, 11) is 0. The molecule has 0 spiro atoms. The highest BCUT2D eigenvalue weighted by Crippen LogP contribution is 2.47. The number of Topliss-reactive ketones (excluding diaryl/α,β-unsaturated/α-hetero) is 1. The lowest BCUT2D eigenvalue weighted by molar-refractivity contribution is -0.343. The van der Waals surface area contributed by atoms with Crippen molar-refractivity contribution in [3.05, 3.63) is 0 Å². The van der Waals surface area contributed by atoms with Gasteiger partial charge in [0.05, 0.1) is 6.42 Å². The Bertz CT molecular complexity index is 267. The second-order valence-corrected chi connectivity index (χ2v) is 2.44. The van der Waals surface area contributed by atoms with Gasteiger partial charge in [-0.05, 0) is 0 Å². The molecule has 0 rings (SSSR count). The smallest absolute Gasteiger partial charge is 0.303 e. The van der Waals surface area contributed by atoms with Gasteiger partial charge in [-0.3, -0.25) is 4.79 Å². The van der Waals surface area contributed by atoms with Gasteiger partial charge in [0.15, 0.2) is 0 Å². The van der Waals surface area contributed by atoms with Crippen molar-refractivity contribution in [2.75, 3.05) is 0 Å². The first kappa shape index (κ1) is 13.8. The number of ketones is 1. The third-order valence-corrected chi connectivity index (χ3v) is 1.37. The summed E-state index contributed by atoms with van der Waals surface area (Å²) in [4.78, 5) is 19.8. The normalized spacial score (nSPS) is 13.8. The second kappa shape index (κ2) is 3.78. The zero-order valence-electron chi connectivity index (χ0n) is 6.75. The first-order valence-corrected chi connectivity index (χ1v) is 3.27. The van der Waals surface area contributed by atoms with Crippen molar-refractivity contribution in [1.82, 2.24) is 0 Å². The van der Waals surface area contributed by atoms with Gasteiger partial charge in [-0.15, -0.1) is 0 Å². The van der Waals surface area contributed by atoms with E-state index in [1.807, 2.05) is 0 Å². The molecule has 0 bridgehead atoms. The van der Waals surface area contributed by atoms with Crippen LogP contribution in [0, 0.1) is 0 Å². The first-order valence-electron chi connectivity index (χ1n) is 3.27. The third kappa shape index (κ3) is 2.26. The maximum Gasteiger partial charge on any atom is 0.460 e. The number of carbonyl (C=O) groups excluding carboxylic acids is 2. The van der Waals surface area contributed by atoms with Gasteiger partial charge in [-0.1, -0.05) is 0 Å². The lowest BCUT2D eigenvalue weighted by Crippen LogP contribution is -2.56. The van der Waals surface area contributed by atoms with Crippen molar-refractivity contribution in [3.63, 3.8) is 0 Å². The van der Waals surface area contributed by atoms with Gasteiger partial charge in [-0.2, -0.15) is 30.7 Å². The van der Waals surface area contributed by atoms with E-state index in [9.17, 15) is 40.3 Å². The topological polar surface area (TPSA) is 34.1 Å². The molecule has 0 aliphatic carbocycles. The number of rotatable bonds is 4. The largest absolute Gasteiger partial charge is 0.460 e. The summed E-state index contributed by atoms with van der Waals surface area (Å²) in [6, 6.07) is 0. The monoisotopic (exact) mass is 240 g/mol. The fourth-order valence-corrected chi connectivity index (χ4v) is 0.557. The maximum absolute atomic E-state index is 12.3. The molecule has 0 saturated heterocycles. The molecule has 0 heterocycles. The van der Waals surface area contributed by atoms with Crippen LogP contribution < -0.4 is 0 Å². The Labute approximate surface area is 78.0 Å². The van der Waals surface area contributed by atoms with Crippen molar-refractivity contribution >= 4 is 12.1 Å². The molecule has 0 aromatic heterocycles. The molecule has 0 saturated carbocycles. The Morgan fingerprint density at radius 3 is 1.67 bits per heavy atom. The standard InChI is InChI=1S/C6H3F7O2/c7-4(8,3(15)1-2-14)5(9,10)6(11,12)13/h2H,1H2. The molecule has 15 heavy (non-hydrogen) atoms. The summed E-state index contributed by atoms with van der Waals surface area (Å²) in [5.74, 6) is -15.2. The van der Waals surface area contributed by atoms with Gasteiger partial charge in [0, 0.05) is 0 Å². The molecule has 88 valence electrons. The van der Waals surface area contributed by atoms with Crippen LogP contribution in [0.25, 0.3) is 0 Å². The van der Waals surface area contributed by atoms with Gasteiger partial charge in [0.1, 0.15) is 6.29 Å². The van der Waals surface area contributed by atoms with Crippen molar-refractivity contribution in [2.24, 2.45) is 0 Å². The molecule has 0 unspecified atom stereocenters. The molecule has 0 aromatic carbocycles. The molecule has 0 fully saturated rings. The summed E-state index contributed by atoms with van der Waals surface area (Å²) in [5.41, 5.74) is 0. The molecule has 9 heteroatoms. The minimum absolute atomic E-state index is 0.483. The van der Waals surface area contributed by atoms with Crippen molar-refractivity contribution in [2.45, 2.75) is 24.4 Å². The van der Waals surface area contributed by atoms with Crippen LogP contribution in [0.2, 0.25) is 0 Å². The van der Waals surface area contributed by atoms with Crippen molar-refractivity contribution < 1.29 is 40.3 Å². The van der Waals surface area contributed by atoms with Crippen LogP contribution in [0.4, 0.5) is 30.7 Å². The lowest BCUT2D eigenvalue weighted by Gasteiger charge is -2.26. The van der Waals surface area contributed by atoms with Gasteiger partial charge >= 0.3 is 18.0 Å². The van der Waals surface area contributed by atoms with E-state index in [1.54, 1.807) is 0 Å². The number of alkyl halides is 7. The summed E-state index contributed by atoms with van der Waals surface area (Å²) in [6.45, 7) is 0. The van der Waals surface area contributed by atoms with E-state index >= 15 is 0 Å². The third-order valence-electron chi connectivity index (χ3n) is 1.37. The average Bonchev–Trinajstić information content (AvgIpc) is 2.02. The fraction of sp³-hybridized carbons (Fsp3) is 0.667. The molecule has 0 aliphatic heterocycles. The molecule has 0 atom stereocenters. The lowest BCUT2D eigenvalue weighted by atomic mass is 10.1. The Kier molecular flexibility index (Phi) is 3.49. The fourth-order valence-electron chi connectivity index (χ4n) is 0.557. The Hall–Kier alpha value is -1.15. The van der Waals surface area contributed by atoms with E-state index in [0.29, 0.717) is 0 Å². The number of hydrogen-bond donors (Lipinski definition) is 0. The van der Waals surface area contributed by atoms with E-state index in [2.05, 4.69) is 0 Å².